The van der Waals surface area contributed by atoms with E-state index >= 15 is 0 Å². The van der Waals surface area contributed by atoms with Gasteiger partial charge in [0.2, 0.25) is 11.8 Å². The number of piperidine rings is 1. The van der Waals surface area contributed by atoms with E-state index in [2.05, 4.69) is 4.90 Å². The van der Waals surface area contributed by atoms with Crippen LogP contribution in [0.15, 0.2) is 24.3 Å². The maximum atomic E-state index is 12.6. The highest BCUT2D eigenvalue weighted by molar-refractivity contribution is 5.80. The third-order valence-electron chi connectivity index (χ3n) is 5.51. The SMILES string of the molecule is Cc1ccccc1CC(=O)N1CCC(N2CCC[C@@H]2C(N)=O)CC1. The first kappa shape index (κ1) is 17.0. The predicted molar refractivity (Wildman–Crippen MR) is 93.4 cm³/mol. The number of primary amides is 1. The molecule has 2 fully saturated rings. The van der Waals surface area contributed by atoms with Crippen molar-refractivity contribution in [3.8, 4) is 0 Å². The number of hydrogen-bond donors (Lipinski definition) is 1. The summed E-state index contributed by atoms with van der Waals surface area (Å²) in [6, 6.07) is 8.34. The van der Waals surface area contributed by atoms with Gasteiger partial charge >= 0.3 is 0 Å². The Morgan fingerprint density at radius 3 is 2.50 bits per heavy atom. The summed E-state index contributed by atoms with van der Waals surface area (Å²) in [6.07, 6.45) is 4.26. The van der Waals surface area contributed by atoms with Crippen LogP contribution in [0.1, 0.15) is 36.8 Å². The molecule has 0 aromatic heterocycles. The van der Waals surface area contributed by atoms with Gasteiger partial charge in [0.25, 0.3) is 0 Å². The average molecular weight is 329 g/mol. The number of likely N-dealkylation sites (tertiary alicyclic amines) is 2. The zero-order valence-electron chi connectivity index (χ0n) is 14.4. The molecule has 130 valence electrons. The van der Waals surface area contributed by atoms with Crippen molar-refractivity contribution >= 4 is 11.8 Å². The molecule has 2 heterocycles. The lowest BCUT2D eigenvalue weighted by Crippen LogP contribution is -2.51. The van der Waals surface area contributed by atoms with Gasteiger partial charge in [-0.2, -0.15) is 0 Å². The van der Waals surface area contributed by atoms with Gasteiger partial charge in [-0.1, -0.05) is 24.3 Å². The van der Waals surface area contributed by atoms with Gasteiger partial charge in [-0.05, 0) is 50.3 Å². The first-order valence-electron chi connectivity index (χ1n) is 8.93. The van der Waals surface area contributed by atoms with Crippen molar-refractivity contribution in [2.75, 3.05) is 19.6 Å². The molecule has 2 amide bonds. The molecular weight excluding hydrogens is 302 g/mol. The Labute approximate surface area is 143 Å². The second-order valence-corrected chi connectivity index (χ2v) is 7.01. The maximum absolute atomic E-state index is 12.6. The number of nitrogens with zero attached hydrogens (tertiary/aromatic N) is 2. The Kier molecular flexibility index (Phi) is 5.19. The van der Waals surface area contributed by atoms with Crippen LogP contribution >= 0.6 is 0 Å². The Morgan fingerprint density at radius 2 is 1.83 bits per heavy atom. The minimum atomic E-state index is -0.203. The molecule has 1 aromatic rings. The topological polar surface area (TPSA) is 66.6 Å². The highest BCUT2D eigenvalue weighted by Crippen LogP contribution is 2.26. The zero-order valence-corrected chi connectivity index (χ0v) is 14.4. The quantitative estimate of drug-likeness (QED) is 0.910. The van der Waals surface area contributed by atoms with Crippen LogP contribution in [0, 0.1) is 6.92 Å². The molecule has 24 heavy (non-hydrogen) atoms. The van der Waals surface area contributed by atoms with E-state index in [4.69, 9.17) is 5.73 Å². The van der Waals surface area contributed by atoms with E-state index in [0.717, 1.165) is 50.9 Å². The zero-order chi connectivity index (χ0) is 17.1. The summed E-state index contributed by atoms with van der Waals surface area (Å²) < 4.78 is 0. The average Bonchev–Trinajstić information content (AvgIpc) is 3.07. The monoisotopic (exact) mass is 329 g/mol. The van der Waals surface area contributed by atoms with Crippen molar-refractivity contribution in [1.82, 2.24) is 9.80 Å². The molecule has 1 atom stereocenters. The van der Waals surface area contributed by atoms with Gasteiger partial charge in [-0.3, -0.25) is 14.5 Å². The number of hydrogen-bond acceptors (Lipinski definition) is 3. The molecule has 3 rings (SSSR count). The van der Waals surface area contributed by atoms with Crippen LogP contribution in [0.3, 0.4) is 0 Å². The lowest BCUT2D eigenvalue weighted by atomic mass is 10.00. The van der Waals surface area contributed by atoms with Gasteiger partial charge in [-0.15, -0.1) is 0 Å². The lowest BCUT2D eigenvalue weighted by Gasteiger charge is -2.38. The number of carbonyl (C=O) groups excluding carboxylic acids is 2. The van der Waals surface area contributed by atoms with E-state index in [9.17, 15) is 9.59 Å². The van der Waals surface area contributed by atoms with Crippen molar-refractivity contribution in [2.45, 2.75) is 51.1 Å². The van der Waals surface area contributed by atoms with Crippen LogP contribution in [0.25, 0.3) is 0 Å². The molecule has 0 unspecified atom stereocenters. The van der Waals surface area contributed by atoms with Crippen molar-refractivity contribution in [2.24, 2.45) is 5.73 Å². The largest absolute Gasteiger partial charge is 0.368 e. The van der Waals surface area contributed by atoms with Crippen LogP contribution in [0.2, 0.25) is 0 Å². The molecule has 1 aromatic carbocycles. The number of amides is 2. The van der Waals surface area contributed by atoms with E-state index in [0.29, 0.717) is 12.5 Å². The molecule has 2 aliphatic heterocycles. The number of rotatable bonds is 4. The molecule has 0 saturated carbocycles. The predicted octanol–water partition coefficient (Wildman–Crippen LogP) is 1.48. The minimum Gasteiger partial charge on any atom is -0.368 e. The number of benzene rings is 1. The van der Waals surface area contributed by atoms with Gasteiger partial charge in [0, 0.05) is 19.1 Å². The summed E-state index contributed by atoms with van der Waals surface area (Å²) in [5, 5.41) is 0. The lowest BCUT2D eigenvalue weighted by molar-refractivity contribution is -0.133. The molecule has 2 saturated heterocycles. The van der Waals surface area contributed by atoms with Crippen LogP contribution in [-0.4, -0.2) is 53.3 Å². The Morgan fingerprint density at radius 1 is 1.12 bits per heavy atom. The van der Waals surface area contributed by atoms with Crippen LogP contribution in [-0.2, 0) is 16.0 Å². The summed E-state index contributed by atoms with van der Waals surface area (Å²) in [6.45, 7) is 4.55. The van der Waals surface area contributed by atoms with E-state index < -0.39 is 0 Å². The Balaban J connectivity index is 1.54. The van der Waals surface area contributed by atoms with Gasteiger partial charge in [0.1, 0.15) is 0 Å². The molecular formula is C19H27N3O2. The highest BCUT2D eigenvalue weighted by atomic mass is 16.2. The van der Waals surface area contributed by atoms with Gasteiger partial charge in [0.05, 0.1) is 12.5 Å². The Hall–Kier alpha value is -1.88. The molecule has 0 radical (unpaired) electrons. The van der Waals surface area contributed by atoms with E-state index in [1.54, 1.807) is 0 Å². The molecule has 0 bridgehead atoms. The number of nitrogens with two attached hydrogens (primary N) is 1. The van der Waals surface area contributed by atoms with Crippen LogP contribution < -0.4 is 5.73 Å². The van der Waals surface area contributed by atoms with Gasteiger partial charge in [-0.25, -0.2) is 0 Å². The van der Waals surface area contributed by atoms with Crippen LogP contribution in [0.5, 0.6) is 0 Å². The highest BCUT2D eigenvalue weighted by Gasteiger charge is 2.36. The van der Waals surface area contributed by atoms with Gasteiger partial charge in [0.15, 0.2) is 0 Å². The number of aryl methyl sites for hydroxylation is 1. The van der Waals surface area contributed by atoms with Gasteiger partial charge < -0.3 is 10.6 Å². The van der Waals surface area contributed by atoms with E-state index in [-0.39, 0.29) is 17.9 Å². The molecule has 0 spiro atoms. The summed E-state index contributed by atoms with van der Waals surface area (Å²) >= 11 is 0. The summed E-state index contributed by atoms with van der Waals surface area (Å²) in [7, 11) is 0. The minimum absolute atomic E-state index is 0.107. The van der Waals surface area contributed by atoms with Crippen LogP contribution in [0.4, 0.5) is 0 Å². The smallest absolute Gasteiger partial charge is 0.234 e. The summed E-state index contributed by atoms with van der Waals surface area (Å²) in [4.78, 5) is 28.4. The second-order valence-electron chi connectivity index (χ2n) is 7.01. The van der Waals surface area contributed by atoms with E-state index in [1.807, 2.05) is 36.1 Å². The van der Waals surface area contributed by atoms with Crippen molar-refractivity contribution in [3.63, 3.8) is 0 Å². The molecule has 0 aliphatic carbocycles. The van der Waals surface area contributed by atoms with Crippen molar-refractivity contribution < 1.29 is 9.59 Å². The van der Waals surface area contributed by atoms with Crippen molar-refractivity contribution in [3.05, 3.63) is 35.4 Å². The normalized spacial score (nSPS) is 22.7. The fourth-order valence-corrected chi connectivity index (χ4v) is 4.06. The molecule has 5 nitrogen and oxygen atoms in total. The summed E-state index contributed by atoms with van der Waals surface area (Å²) in [5.74, 6) is 0.00109. The first-order valence-corrected chi connectivity index (χ1v) is 8.93. The third-order valence-corrected chi connectivity index (χ3v) is 5.51. The number of carbonyl (C=O) groups is 2. The van der Waals surface area contributed by atoms with Crippen molar-refractivity contribution in [1.29, 1.82) is 0 Å². The second kappa shape index (κ2) is 7.34. The standard InChI is InChI=1S/C19H27N3O2/c1-14-5-2-3-6-15(14)13-18(23)21-11-8-16(9-12-21)22-10-4-7-17(22)19(20)24/h2-3,5-6,16-17H,4,7-13H2,1H3,(H2,20,24)/t17-/m1/s1. The summed E-state index contributed by atoms with van der Waals surface area (Å²) in [5.41, 5.74) is 7.80. The van der Waals surface area contributed by atoms with E-state index in [1.165, 1.54) is 5.56 Å². The maximum Gasteiger partial charge on any atom is 0.234 e. The fourth-order valence-electron chi connectivity index (χ4n) is 4.06. The Bertz CT molecular complexity index is 608. The molecule has 5 heteroatoms. The first-order chi connectivity index (χ1) is 11.6. The fraction of sp³-hybridized carbons (Fsp3) is 0.579. The molecule has 2 N–H and O–H groups in total. The third kappa shape index (κ3) is 3.61. The molecule has 2 aliphatic rings.